The van der Waals surface area contributed by atoms with Crippen LogP contribution in [0.5, 0.6) is 5.75 Å². The molecule has 0 radical (unpaired) electrons. The van der Waals surface area contributed by atoms with E-state index in [1.807, 2.05) is 29.2 Å². The lowest BCUT2D eigenvalue weighted by molar-refractivity contribution is 0.0636. The van der Waals surface area contributed by atoms with Crippen molar-refractivity contribution in [3.63, 3.8) is 0 Å². The van der Waals surface area contributed by atoms with Crippen LogP contribution in [0.4, 0.5) is 0 Å². The van der Waals surface area contributed by atoms with Gasteiger partial charge >= 0.3 is 0 Å². The SMILES string of the molecule is COc1ccccc1C1CNCCN1C(=O)c1ccc(Cl)s1.Cl. The van der Waals surface area contributed by atoms with E-state index in [9.17, 15) is 4.79 Å². The molecule has 1 aliphatic rings. The number of halogens is 2. The van der Waals surface area contributed by atoms with Crippen LogP contribution < -0.4 is 10.1 Å². The lowest BCUT2D eigenvalue weighted by Gasteiger charge is -2.36. The predicted molar refractivity (Wildman–Crippen MR) is 96.2 cm³/mol. The molecule has 1 saturated heterocycles. The molecule has 1 aliphatic heterocycles. The molecule has 1 aromatic carbocycles. The monoisotopic (exact) mass is 372 g/mol. The van der Waals surface area contributed by atoms with Gasteiger partial charge in [-0.2, -0.15) is 0 Å². The molecule has 23 heavy (non-hydrogen) atoms. The number of benzene rings is 1. The second-order valence-electron chi connectivity index (χ2n) is 5.06. The third kappa shape index (κ3) is 3.80. The van der Waals surface area contributed by atoms with Gasteiger partial charge in [0, 0.05) is 25.2 Å². The Labute approximate surface area is 150 Å². The molecule has 0 spiro atoms. The Balaban J connectivity index is 0.00000192. The molecule has 1 unspecified atom stereocenters. The molecular weight excluding hydrogens is 355 g/mol. The third-order valence-electron chi connectivity index (χ3n) is 3.79. The van der Waals surface area contributed by atoms with Crippen molar-refractivity contribution in [2.75, 3.05) is 26.7 Å². The van der Waals surface area contributed by atoms with Gasteiger partial charge in [-0.1, -0.05) is 29.8 Å². The Morgan fingerprint density at radius 2 is 2.13 bits per heavy atom. The van der Waals surface area contributed by atoms with Crippen molar-refractivity contribution < 1.29 is 9.53 Å². The number of ether oxygens (including phenoxy) is 1. The highest BCUT2D eigenvalue weighted by Gasteiger charge is 2.30. The van der Waals surface area contributed by atoms with Crippen molar-refractivity contribution in [2.45, 2.75) is 6.04 Å². The maximum absolute atomic E-state index is 12.8. The zero-order chi connectivity index (χ0) is 15.5. The predicted octanol–water partition coefficient (Wildman–Crippen LogP) is 3.62. The molecule has 1 aromatic heterocycles. The van der Waals surface area contributed by atoms with Crippen LogP contribution in [0.15, 0.2) is 36.4 Å². The number of nitrogens with one attached hydrogen (secondary N) is 1. The minimum atomic E-state index is -0.0433. The van der Waals surface area contributed by atoms with Crippen LogP contribution in [0.25, 0.3) is 0 Å². The smallest absolute Gasteiger partial charge is 0.264 e. The molecule has 3 rings (SSSR count). The molecule has 2 aromatic rings. The van der Waals surface area contributed by atoms with Crippen LogP contribution in [0.3, 0.4) is 0 Å². The molecule has 1 amide bonds. The molecule has 0 saturated carbocycles. The van der Waals surface area contributed by atoms with Crippen LogP contribution in [-0.2, 0) is 0 Å². The second kappa shape index (κ2) is 8.02. The van der Waals surface area contributed by atoms with Crippen molar-refractivity contribution in [1.29, 1.82) is 0 Å². The summed E-state index contributed by atoms with van der Waals surface area (Å²) >= 11 is 7.28. The highest BCUT2D eigenvalue weighted by molar-refractivity contribution is 7.17. The van der Waals surface area contributed by atoms with Crippen LogP contribution in [-0.4, -0.2) is 37.6 Å². The molecule has 0 aliphatic carbocycles. The van der Waals surface area contributed by atoms with Gasteiger partial charge in [0.15, 0.2) is 0 Å². The summed E-state index contributed by atoms with van der Waals surface area (Å²) in [6.07, 6.45) is 0. The number of thiophene rings is 1. The van der Waals surface area contributed by atoms with E-state index in [0.717, 1.165) is 17.9 Å². The molecule has 7 heteroatoms. The standard InChI is InChI=1S/C16H17ClN2O2S.ClH/c1-21-13-5-3-2-4-11(13)12-10-18-8-9-19(12)16(20)14-6-7-15(17)22-14;/h2-7,12,18H,8-10H2,1H3;1H. The Bertz CT molecular complexity index is 678. The zero-order valence-electron chi connectivity index (χ0n) is 12.6. The quantitative estimate of drug-likeness (QED) is 0.894. The number of carbonyl (C=O) groups is 1. The van der Waals surface area contributed by atoms with E-state index in [1.54, 1.807) is 19.2 Å². The van der Waals surface area contributed by atoms with Gasteiger partial charge in [-0.3, -0.25) is 4.79 Å². The normalized spacial score (nSPS) is 17.5. The Kier molecular flexibility index (Phi) is 6.30. The number of amides is 1. The first-order valence-corrected chi connectivity index (χ1v) is 8.30. The van der Waals surface area contributed by atoms with Gasteiger partial charge in [0.05, 0.1) is 22.4 Å². The number of nitrogens with zero attached hydrogens (tertiary/aromatic N) is 1. The third-order valence-corrected chi connectivity index (χ3v) is 5.01. The maximum atomic E-state index is 12.8. The van der Waals surface area contributed by atoms with E-state index in [-0.39, 0.29) is 24.4 Å². The van der Waals surface area contributed by atoms with E-state index in [0.29, 0.717) is 22.3 Å². The first-order valence-electron chi connectivity index (χ1n) is 7.10. The van der Waals surface area contributed by atoms with E-state index >= 15 is 0 Å². The average Bonchev–Trinajstić information content (AvgIpc) is 3.00. The van der Waals surface area contributed by atoms with E-state index in [2.05, 4.69) is 5.32 Å². The fourth-order valence-electron chi connectivity index (χ4n) is 2.74. The molecule has 2 heterocycles. The Morgan fingerprint density at radius 3 is 2.83 bits per heavy atom. The summed E-state index contributed by atoms with van der Waals surface area (Å²) in [7, 11) is 1.65. The fraction of sp³-hybridized carbons (Fsp3) is 0.312. The van der Waals surface area contributed by atoms with E-state index < -0.39 is 0 Å². The molecule has 1 atom stereocenters. The van der Waals surface area contributed by atoms with Crippen LogP contribution >= 0.6 is 35.3 Å². The summed E-state index contributed by atoms with van der Waals surface area (Å²) in [5.41, 5.74) is 1.02. The number of carbonyl (C=O) groups excluding carboxylic acids is 1. The molecule has 1 N–H and O–H groups in total. The molecule has 0 bridgehead atoms. The summed E-state index contributed by atoms with van der Waals surface area (Å²) in [6.45, 7) is 2.17. The van der Waals surface area contributed by atoms with Gasteiger partial charge in [-0.25, -0.2) is 0 Å². The van der Waals surface area contributed by atoms with E-state index in [4.69, 9.17) is 16.3 Å². The van der Waals surface area contributed by atoms with Gasteiger partial charge in [0.25, 0.3) is 5.91 Å². The Morgan fingerprint density at radius 1 is 1.35 bits per heavy atom. The van der Waals surface area contributed by atoms with Crippen LogP contribution in [0.1, 0.15) is 21.3 Å². The molecule has 124 valence electrons. The fourth-order valence-corrected chi connectivity index (χ4v) is 3.74. The van der Waals surface area contributed by atoms with Gasteiger partial charge < -0.3 is 15.0 Å². The zero-order valence-corrected chi connectivity index (χ0v) is 15.0. The van der Waals surface area contributed by atoms with Gasteiger partial charge in [-0.05, 0) is 18.2 Å². The summed E-state index contributed by atoms with van der Waals surface area (Å²) < 4.78 is 6.08. The largest absolute Gasteiger partial charge is 0.496 e. The highest BCUT2D eigenvalue weighted by atomic mass is 35.5. The van der Waals surface area contributed by atoms with Gasteiger partial charge in [0.2, 0.25) is 0 Å². The van der Waals surface area contributed by atoms with Crippen LogP contribution in [0.2, 0.25) is 4.34 Å². The summed E-state index contributed by atoms with van der Waals surface area (Å²) in [5, 5.41) is 3.35. The number of hydrogen-bond acceptors (Lipinski definition) is 4. The van der Waals surface area contributed by atoms with Crippen molar-refractivity contribution in [1.82, 2.24) is 10.2 Å². The highest BCUT2D eigenvalue weighted by Crippen LogP contribution is 2.32. The number of hydrogen-bond donors (Lipinski definition) is 1. The second-order valence-corrected chi connectivity index (χ2v) is 6.78. The molecular formula is C16H18Cl2N2O2S. The van der Waals surface area contributed by atoms with Crippen LogP contribution in [0, 0.1) is 0 Å². The van der Waals surface area contributed by atoms with Gasteiger partial charge in [0.1, 0.15) is 5.75 Å². The summed E-state index contributed by atoms with van der Waals surface area (Å²) in [4.78, 5) is 15.4. The van der Waals surface area contributed by atoms with E-state index in [1.165, 1.54) is 11.3 Å². The summed E-state index contributed by atoms with van der Waals surface area (Å²) in [5.74, 6) is 0.826. The van der Waals surface area contributed by atoms with Crippen molar-refractivity contribution in [3.05, 3.63) is 51.2 Å². The van der Waals surface area contributed by atoms with Crippen molar-refractivity contribution in [3.8, 4) is 5.75 Å². The lowest BCUT2D eigenvalue weighted by Crippen LogP contribution is -2.48. The lowest BCUT2D eigenvalue weighted by atomic mass is 10.0. The summed E-state index contributed by atoms with van der Waals surface area (Å²) in [6, 6.07) is 11.3. The van der Waals surface area contributed by atoms with Crippen molar-refractivity contribution in [2.24, 2.45) is 0 Å². The minimum absolute atomic E-state index is 0. The number of piperazine rings is 1. The number of methoxy groups -OCH3 is 1. The molecule has 1 fully saturated rings. The number of para-hydroxylation sites is 1. The number of rotatable bonds is 3. The van der Waals surface area contributed by atoms with Crippen molar-refractivity contribution >= 4 is 41.3 Å². The first-order chi connectivity index (χ1) is 10.7. The van der Waals surface area contributed by atoms with Gasteiger partial charge in [-0.15, -0.1) is 23.7 Å². The molecule has 4 nitrogen and oxygen atoms in total. The topological polar surface area (TPSA) is 41.6 Å². The maximum Gasteiger partial charge on any atom is 0.264 e. The first kappa shape index (κ1) is 18.1. The minimum Gasteiger partial charge on any atom is -0.496 e. The Hall–Kier alpha value is -1.27. The average molecular weight is 373 g/mol.